The molecule has 2 nitrogen and oxygen atoms in total. The first kappa shape index (κ1) is 15.4. The van der Waals surface area contributed by atoms with Crippen LogP contribution in [0.1, 0.15) is 57.4 Å². The second-order valence-corrected chi connectivity index (χ2v) is 5.92. The van der Waals surface area contributed by atoms with Crippen molar-refractivity contribution in [2.45, 2.75) is 57.9 Å². The molecule has 0 amide bonds. The minimum Gasteiger partial charge on any atom is -0.497 e. The standard InChI is InChI=1S/C18H29NO/c1-4-16(14-9-11-15(20-3)12-10-14)17(5-2)18-8-6-7-13-19-18/h9-12,16-19H,4-8,13H2,1-3H3/t16-,17-,18+/m1/s1. The summed E-state index contributed by atoms with van der Waals surface area (Å²) in [5, 5.41) is 3.75. The van der Waals surface area contributed by atoms with Crippen molar-refractivity contribution in [3.8, 4) is 5.75 Å². The van der Waals surface area contributed by atoms with Crippen molar-refractivity contribution in [2.24, 2.45) is 5.92 Å². The van der Waals surface area contributed by atoms with Gasteiger partial charge in [0.2, 0.25) is 0 Å². The maximum Gasteiger partial charge on any atom is 0.118 e. The zero-order chi connectivity index (χ0) is 14.4. The second-order valence-electron chi connectivity index (χ2n) is 5.92. The van der Waals surface area contributed by atoms with Gasteiger partial charge in [0, 0.05) is 6.04 Å². The third kappa shape index (κ3) is 3.54. The lowest BCUT2D eigenvalue weighted by Crippen LogP contribution is -2.42. The topological polar surface area (TPSA) is 21.3 Å². The summed E-state index contributed by atoms with van der Waals surface area (Å²) >= 11 is 0. The van der Waals surface area contributed by atoms with E-state index in [1.165, 1.54) is 44.2 Å². The minimum absolute atomic E-state index is 0.654. The van der Waals surface area contributed by atoms with Crippen molar-refractivity contribution in [1.29, 1.82) is 0 Å². The van der Waals surface area contributed by atoms with Crippen molar-refractivity contribution in [3.05, 3.63) is 29.8 Å². The van der Waals surface area contributed by atoms with Crippen molar-refractivity contribution < 1.29 is 4.74 Å². The number of hydrogen-bond donors (Lipinski definition) is 1. The van der Waals surface area contributed by atoms with Gasteiger partial charge in [-0.05, 0) is 55.3 Å². The molecule has 1 aliphatic heterocycles. The molecule has 0 unspecified atom stereocenters. The lowest BCUT2D eigenvalue weighted by atomic mass is 9.76. The SMILES string of the molecule is CC[C@@H]([C@@H]1CCCCN1)[C@H](CC)c1ccc(OC)cc1. The summed E-state index contributed by atoms with van der Waals surface area (Å²) in [6, 6.07) is 9.38. The summed E-state index contributed by atoms with van der Waals surface area (Å²) in [7, 11) is 1.73. The molecule has 1 aliphatic rings. The van der Waals surface area contributed by atoms with Crippen LogP contribution in [0.2, 0.25) is 0 Å². The summed E-state index contributed by atoms with van der Waals surface area (Å²) in [5.74, 6) is 2.35. The van der Waals surface area contributed by atoms with E-state index in [-0.39, 0.29) is 0 Å². The first-order valence-electron chi connectivity index (χ1n) is 8.17. The lowest BCUT2D eigenvalue weighted by Gasteiger charge is -2.36. The maximum absolute atomic E-state index is 5.27. The predicted octanol–water partition coefficient (Wildman–Crippen LogP) is 4.36. The Labute approximate surface area is 123 Å². The minimum atomic E-state index is 0.654. The molecule has 2 heteroatoms. The van der Waals surface area contributed by atoms with Crippen LogP contribution in [0.4, 0.5) is 0 Å². The van der Waals surface area contributed by atoms with E-state index in [1.807, 2.05) is 0 Å². The molecule has 0 aromatic heterocycles. The highest BCUT2D eigenvalue weighted by Gasteiger charge is 2.29. The van der Waals surface area contributed by atoms with Crippen molar-refractivity contribution >= 4 is 0 Å². The van der Waals surface area contributed by atoms with Crippen LogP contribution in [0.15, 0.2) is 24.3 Å². The molecule has 0 radical (unpaired) electrons. The monoisotopic (exact) mass is 275 g/mol. The predicted molar refractivity (Wildman–Crippen MR) is 85.4 cm³/mol. The van der Waals surface area contributed by atoms with Gasteiger partial charge in [-0.3, -0.25) is 0 Å². The summed E-state index contributed by atoms with van der Waals surface area (Å²) in [4.78, 5) is 0. The third-order valence-corrected chi connectivity index (χ3v) is 4.84. The molecular formula is C18H29NO. The highest BCUT2D eigenvalue weighted by Crippen LogP contribution is 2.35. The van der Waals surface area contributed by atoms with Crippen LogP contribution in [0.5, 0.6) is 5.75 Å². The molecule has 1 heterocycles. The van der Waals surface area contributed by atoms with E-state index in [2.05, 4.69) is 43.4 Å². The van der Waals surface area contributed by atoms with Gasteiger partial charge in [0.25, 0.3) is 0 Å². The molecule has 0 spiro atoms. The zero-order valence-electron chi connectivity index (χ0n) is 13.2. The van der Waals surface area contributed by atoms with Crippen molar-refractivity contribution in [2.75, 3.05) is 13.7 Å². The Hall–Kier alpha value is -1.02. The van der Waals surface area contributed by atoms with E-state index in [0.29, 0.717) is 12.0 Å². The smallest absolute Gasteiger partial charge is 0.118 e. The molecule has 1 N–H and O–H groups in total. The Balaban J connectivity index is 2.14. The van der Waals surface area contributed by atoms with Gasteiger partial charge in [0.15, 0.2) is 0 Å². The molecule has 2 rings (SSSR count). The molecule has 0 saturated carbocycles. The average Bonchev–Trinajstić information content (AvgIpc) is 2.53. The van der Waals surface area contributed by atoms with Gasteiger partial charge in [-0.2, -0.15) is 0 Å². The number of rotatable bonds is 6. The van der Waals surface area contributed by atoms with Crippen LogP contribution in [0, 0.1) is 5.92 Å². The van der Waals surface area contributed by atoms with E-state index in [9.17, 15) is 0 Å². The third-order valence-electron chi connectivity index (χ3n) is 4.84. The van der Waals surface area contributed by atoms with Crippen molar-refractivity contribution in [3.63, 3.8) is 0 Å². The number of nitrogens with one attached hydrogen (secondary N) is 1. The highest BCUT2D eigenvalue weighted by atomic mass is 16.5. The van der Waals surface area contributed by atoms with Gasteiger partial charge < -0.3 is 10.1 Å². The summed E-state index contributed by atoms with van der Waals surface area (Å²) in [5.41, 5.74) is 1.47. The molecule has 0 bridgehead atoms. The Morgan fingerprint density at radius 3 is 2.40 bits per heavy atom. The van der Waals surface area contributed by atoms with Crippen LogP contribution in [0.3, 0.4) is 0 Å². The van der Waals surface area contributed by atoms with Crippen LogP contribution < -0.4 is 10.1 Å². The van der Waals surface area contributed by atoms with Gasteiger partial charge >= 0.3 is 0 Å². The Kier molecular flexibility index (Phi) is 5.90. The maximum atomic E-state index is 5.27. The molecule has 1 aromatic rings. The highest BCUT2D eigenvalue weighted by molar-refractivity contribution is 5.30. The largest absolute Gasteiger partial charge is 0.497 e. The van der Waals surface area contributed by atoms with Gasteiger partial charge in [-0.25, -0.2) is 0 Å². The van der Waals surface area contributed by atoms with Gasteiger partial charge in [-0.1, -0.05) is 38.8 Å². The summed E-state index contributed by atoms with van der Waals surface area (Å²) in [6.07, 6.45) is 6.52. The van der Waals surface area contributed by atoms with Crippen molar-refractivity contribution in [1.82, 2.24) is 5.32 Å². The first-order chi connectivity index (χ1) is 9.80. The van der Waals surface area contributed by atoms with E-state index < -0.39 is 0 Å². The van der Waals surface area contributed by atoms with Gasteiger partial charge in [0.1, 0.15) is 5.75 Å². The lowest BCUT2D eigenvalue weighted by molar-refractivity contribution is 0.247. The Morgan fingerprint density at radius 1 is 1.15 bits per heavy atom. The van der Waals surface area contributed by atoms with E-state index in [0.717, 1.165) is 11.7 Å². The van der Waals surface area contributed by atoms with E-state index in [4.69, 9.17) is 4.74 Å². The number of methoxy groups -OCH3 is 1. The molecule has 3 atom stereocenters. The second kappa shape index (κ2) is 7.68. The van der Waals surface area contributed by atoms with Gasteiger partial charge in [0.05, 0.1) is 7.11 Å². The van der Waals surface area contributed by atoms with Crippen LogP contribution in [-0.4, -0.2) is 19.7 Å². The number of hydrogen-bond acceptors (Lipinski definition) is 2. The molecular weight excluding hydrogens is 246 g/mol. The number of ether oxygens (including phenoxy) is 1. The normalized spacial score (nSPS) is 22.2. The van der Waals surface area contributed by atoms with Crippen LogP contribution in [-0.2, 0) is 0 Å². The summed E-state index contributed by atoms with van der Waals surface area (Å²) < 4.78 is 5.27. The average molecular weight is 275 g/mol. The molecule has 1 aromatic carbocycles. The van der Waals surface area contributed by atoms with Crippen LogP contribution >= 0.6 is 0 Å². The fourth-order valence-electron chi connectivity index (χ4n) is 3.73. The molecule has 1 saturated heterocycles. The van der Waals surface area contributed by atoms with E-state index in [1.54, 1.807) is 7.11 Å². The number of benzene rings is 1. The first-order valence-corrected chi connectivity index (χ1v) is 8.17. The fraction of sp³-hybridized carbons (Fsp3) is 0.667. The fourth-order valence-corrected chi connectivity index (χ4v) is 3.73. The Bertz CT molecular complexity index is 381. The molecule has 0 aliphatic carbocycles. The quantitative estimate of drug-likeness (QED) is 0.833. The Morgan fingerprint density at radius 2 is 1.90 bits per heavy atom. The zero-order valence-corrected chi connectivity index (χ0v) is 13.2. The van der Waals surface area contributed by atoms with Gasteiger partial charge in [-0.15, -0.1) is 0 Å². The van der Waals surface area contributed by atoms with Crippen LogP contribution in [0.25, 0.3) is 0 Å². The number of piperidine rings is 1. The van der Waals surface area contributed by atoms with E-state index >= 15 is 0 Å². The molecule has 112 valence electrons. The molecule has 20 heavy (non-hydrogen) atoms. The summed E-state index contributed by atoms with van der Waals surface area (Å²) in [6.45, 7) is 5.85. The molecule has 1 fully saturated rings.